The van der Waals surface area contributed by atoms with Crippen molar-refractivity contribution >= 4 is 31.9 Å². The average Bonchev–Trinajstić information content (AvgIpc) is 2.24. The van der Waals surface area contributed by atoms with Crippen LogP contribution in [-0.2, 0) is 14.8 Å². The van der Waals surface area contributed by atoms with Gasteiger partial charge in [0.05, 0.1) is 4.90 Å². The van der Waals surface area contributed by atoms with E-state index in [4.69, 9.17) is 5.11 Å². The number of hydrogen-bond donors (Lipinski definition) is 2. The van der Waals surface area contributed by atoms with Crippen molar-refractivity contribution < 1.29 is 18.3 Å². The number of aliphatic carboxylic acids is 1. The number of nitrogens with one attached hydrogen (secondary N) is 1. The Bertz CT molecular complexity index is 560. The second-order valence-electron chi connectivity index (χ2n) is 5.21. The van der Waals surface area contributed by atoms with Crippen molar-refractivity contribution in [3.05, 3.63) is 28.7 Å². The molecular formula is C12H16BrNO4S. The Balaban J connectivity index is 3.08. The van der Waals surface area contributed by atoms with E-state index in [1.54, 1.807) is 32.9 Å². The number of sulfonamides is 1. The molecule has 1 aromatic carbocycles. The molecule has 0 aromatic heterocycles. The largest absolute Gasteiger partial charge is 0.480 e. The topological polar surface area (TPSA) is 83.5 Å². The zero-order valence-corrected chi connectivity index (χ0v) is 13.2. The Morgan fingerprint density at radius 3 is 2.11 bits per heavy atom. The molecule has 19 heavy (non-hydrogen) atoms. The Morgan fingerprint density at radius 2 is 1.74 bits per heavy atom. The van der Waals surface area contributed by atoms with Crippen LogP contribution in [0, 0.1) is 5.41 Å². The number of carboxylic acids is 1. The van der Waals surface area contributed by atoms with Crippen molar-refractivity contribution in [2.45, 2.75) is 31.7 Å². The molecule has 2 N–H and O–H groups in total. The van der Waals surface area contributed by atoms with E-state index in [0.29, 0.717) is 0 Å². The highest BCUT2D eigenvalue weighted by Crippen LogP contribution is 2.22. The number of carbonyl (C=O) groups is 1. The summed E-state index contributed by atoms with van der Waals surface area (Å²) in [5, 5.41) is 9.13. The molecule has 1 rings (SSSR count). The molecule has 0 radical (unpaired) electrons. The van der Waals surface area contributed by atoms with Crippen molar-refractivity contribution in [1.29, 1.82) is 0 Å². The normalized spacial score (nSPS) is 14.1. The third-order valence-corrected chi connectivity index (χ3v) is 4.48. The Kier molecular flexibility index (Phi) is 4.76. The van der Waals surface area contributed by atoms with Gasteiger partial charge in [0.25, 0.3) is 0 Å². The zero-order valence-electron chi connectivity index (χ0n) is 10.8. The quantitative estimate of drug-likeness (QED) is 0.872. The predicted octanol–water partition coefficient (Wildman–Crippen LogP) is 2.23. The van der Waals surface area contributed by atoms with Gasteiger partial charge < -0.3 is 5.11 Å². The molecule has 0 spiro atoms. The number of halogens is 1. The van der Waals surface area contributed by atoms with Gasteiger partial charge in [-0.1, -0.05) is 36.7 Å². The monoisotopic (exact) mass is 349 g/mol. The van der Waals surface area contributed by atoms with Gasteiger partial charge in [-0.2, -0.15) is 4.72 Å². The summed E-state index contributed by atoms with van der Waals surface area (Å²) in [5.74, 6) is -1.20. The van der Waals surface area contributed by atoms with Gasteiger partial charge in [0.15, 0.2) is 0 Å². The third-order valence-electron chi connectivity index (χ3n) is 2.51. The summed E-state index contributed by atoms with van der Waals surface area (Å²) >= 11 is 3.21. The molecule has 0 aliphatic carbocycles. The summed E-state index contributed by atoms with van der Waals surface area (Å²) < 4.78 is 27.2. The first-order valence-corrected chi connectivity index (χ1v) is 7.82. The summed E-state index contributed by atoms with van der Waals surface area (Å²) in [4.78, 5) is 11.2. The third kappa shape index (κ3) is 4.29. The molecular weight excluding hydrogens is 334 g/mol. The number of hydrogen-bond acceptors (Lipinski definition) is 3. The summed E-state index contributed by atoms with van der Waals surface area (Å²) in [5.41, 5.74) is -0.728. The van der Waals surface area contributed by atoms with Crippen LogP contribution in [-0.4, -0.2) is 25.5 Å². The first-order valence-electron chi connectivity index (χ1n) is 5.55. The first-order chi connectivity index (χ1) is 8.54. The second-order valence-corrected chi connectivity index (χ2v) is 7.84. The lowest BCUT2D eigenvalue weighted by Crippen LogP contribution is -2.48. The highest BCUT2D eigenvalue weighted by Gasteiger charge is 2.35. The van der Waals surface area contributed by atoms with E-state index in [0.717, 1.165) is 4.47 Å². The molecule has 5 nitrogen and oxygen atoms in total. The number of rotatable bonds is 4. The SMILES string of the molecule is CC(C)(C)[C@@H](NS(=O)(=O)c1ccc(Br)cc1)C(=O)O. The van der Waals surface area contributed by atoms with E-state index >= 15 is 0 Å². The summed E-state index contributed by atoms with van der Waals surface area (Å²) in [6.07, 6.45) is 0. The van der Waals surface area contributed by atoms with E-state index in [9.17, 15) is 13.2 Å². The van der Waals surface area contributed by atoms with Crippen LogP contribution in [0.5, 0.6) is 0 Å². The molecule has 1 atom stereocenters. The van der Waals surface area contributed by atoms with Crippen LogP contribution >= 0.6 is 15.9 Å². The molecule has 0 amide bonds. The number of carboxylic acid groups (broad SMARTS) is 1. The molecule has 0 saturated carbocycles. The minimum absolute atomic E-state index is 0.0335. The lowest BCUT2D eigenvalue weighted by molar-refractivity contribution is -0.141. The smallest absolute Gasteiger partial charge is 0.322 e. The maximum Gasteiger partial charge on any atom is 0.322 e. The van der Waals surface area contributed by atoms with Crippen molar-refractivity contribution in [3.63, 3.8) is 0 Å². The van der Waals surface area contributed by atoms with Crippen molar-refractivity contribution in [2.24, 2.45) is 5.41 Å². The van der Waals surface area contributed by atoms with Gasteiger partial charge >= 0.3 is 5.97 Å². The molecule has 0 unspecified atom stereocenters. The van der Waals surface area contributed by atoms with Gasteiger partial charge in [0, 0.05) is 4.47 Å². The minimum Gasteiger partial charge on any atom is -0.480 e. The number of benzene rings is 1. The summed E-state index contributed by atoms with van der Waals surface area (Å²) in [6, 6.07) is 4.80. The summed E-state index contributed by atoms with van der Waals surface area (Å²) in [7, 11) is -3.86. The second kappa shape index (κ2) is 5.60. The zero-order chi connectivity index (χ0) is 14.8. The van der Waals surface area contributed by atoms with Crippen molar-refractivity contribution in [2.75, 3.05) is 0 Å². The Morgan fingerprint density at radius 1 is 1.26 bits per heavy atom. The maximum atomic E-state index is 12.1. The Labute approximate surface area is 121 Å². The van der Waals surface area contributed by atoms with Crippen LogP contribution in [0.3, 0.4) is 0 Å². The van der Waals surface area contributed by atoms with E-state index in [1.807, 2.05) is 0 Å². The van der Waals surface area contributed by atoms with Crippen LogP contribution in [0.4, 0.5) is 0 Å². The molecule has 0 aliphatic rings. The van der Waals surface area contributed by atoms with Gasteiger partial charge in [0.2, 0.25) is 10.0 Å². The van der Waals surface area contributed by atoms with Crippen LogP contribution < -0.4 is 4.72 Å². The van der Waals surface area contributed by atoms with Crippen LogP contribution in [0.1, 0.15) is 20.8 Å². The van der Waals surface area contributed by atoms with Gasteiger partial charge in [-0.15, -0.1) is 0 Å². The van der Waals surface area contributed by atoms with Crippen LogP contribution in [0.15, 0.2) is 33.6 Å². The maximum absolute atomic E-state index is 12.1. The van der Waals surface area contributed by atoms with Gasteiger partial charge in [0.1, 0.15) is 6.04 Å². The molecule has 0 aliphatic heterocycles. The summed E-state index contributed by atoms with van der Waals surface area (Å²) in [6.45, 7) is 4.99. The first kappa shape index (κ1) is 16.1. The minimum atomic E-state index is -3.86. The molecule has 0 saturated heterocycles. The fourth-order valence-corrected chi connectivity index (χ4v) is 3.09. The van der Waals surface area contributed by atoms with E-state index in [2.05, 4.69) is 20.7 Å². The average molecular weight is 350 g/mol. The lowest BCUT2D eigenvalue weighted by Gasteiger charge is -2.27. The lowest BCUT2D eigenvalue weighted by atomic mass is 9.88. The van der Waals surface area contributed by atoms with Crippen LogP contribution in [0.2, 0.25) is 0 Å². The van der Waals surface area contributed by atoms with Crippen molar-refractivity contribution in [3.8, 4) is 0 Å². The van der Waals surface area contributed by atoms with Gasteiger partial charge in [-0.25, -0.2) is 8.42 Å². The predicted molar refractivity (Wildman–Crippen MR) is 75.3 cm³/mol. The molecule has 1 aromatic rings. The highest BCUT2D eigenvalue weighted by atomic mass is 79.9. The molecule has 0 fully saturated rings. The van der Waals surface area contributed by atoms with E-state index in [-0.39, 0.29) is 4.90 Å². The van der Waals surface area contributed by atoms with E-state index in [1.165, 1.54) is 12.1 Å². The fraction of sp³-hybridized carbons (Fsp3) is 0.417. The molecule has 0 heterocycles. The highest BCUT2D eigenvalue weighted by molar-refractivity contribution is 9.10. The fourth-order valence-electron chi connectivity index (χ4n) is 1.43. The molecule has 0 bridgehead atoms. The molecule has 106 valence electrons. The van der Waals surface area contributed by atoms with Gasteiger partial charge in [-0.05, 0) is 29.7 Å². The van der Waals surface area contributed by atoms with Crippen molar-refractivity contribution in [1.82, 2.24) is 4.72 Å². The van der Waals surface area contributed by atoms with E-state index < -0.39 is 27.4 Å². The molecule has 7 heteroatoms. The standard InChI is InChI=1S/C12H16BrNO4S/c1-12(2,3)10(11(15)16)14-19(17,18)9-6-4-8(13)5-7-9/h4-7,10,14H,1-3H3,(H,15,16)/t10-/m0/s1. The van der Waals surface area contributed by atoms with Gasteiger partial charge in [-0.3, -0.25) is 4.79 Å². The Hall–Kier alpha value is -0.920. The van der Waals surface area contributed by atoms with Crippen LogP contribution in [0.25, 0.3) is 0 Å².